The van der Waals surface area contributed by atoms with Crippen LogP contribution in [-0.4, -0.2) is 56.2 Å². The monoisotopic (exact) mass is 272 g/mol. The number of carbonyl (C=O) groups is 3. The van der Waals surface area contributed by atoms with E-state index in [0.29, 0.717) is 6.54 Å². The average Bonchev–Trinajstić information content (AvgIpc) is 2.37. The summed E-state index contributed by atoms with van der Waals surface area (Å²) in [5, 5.41) is 2.61. The van der Waals surface area contributed by atoms with E-state index < -0.39 is 11.9 Å². The highest BCUT2D eigenvalue weighted by molar-refractivity contribution is 5.91. The van der Waals surface area contributed by atoms with Crippen molar-refractivity contribution < 1.29 is 23.9 Å². The Morgan fingerprint density at radius 3 is 2.21 bits per heavy atom. The Balaban J connectivity index is 3.85. The van der Waals surface area contributed by atoms with Crippen molar-refractivity contribution in [2.45, 2.75) is 13.8 Å². The third kappa shape index (κ3) is 8.64. The van der Waals surface area contributed by atoms with E-state index in [9.17, 15) is 14.4 Å². The summed E-state index contributed by atoms with van der Waals surface area (Å²) < 4.78 is 9.41. The summed E-state index contributed by atoms with van der Waals surface area (Å²) >= 11 is 0. The highest BCUT2D eigenvalue weighted by atomic mass is 16.5. The molecule has 0 saturated carbocycles. The number of hydrogen-bond donors (Lipinski definition) is 1. The van der Waals surface area contributed by atoms with Crippen molar-refractivity contribution in [1.82, 2.24) is 10.2 Å². The number of hydrogen-bond acceptors (Lipinski definition) is 5. The van der Waals surface area contributed by atoms with Gasteiger partial charge in [0.15, 0.2) is 0 Å². The number of esters is 2. The number of amides is 2. The number of likely N-dealkylation sites (N-methyl/N-ethyl adjacent to an activating group) is 1. The van der Waals surface area contributed by atoms with Gasteiger partial charge in [0.05, 0.1) is 13.2 Å². The first-order valence-electron chi connectivity index (χ1n) is 6.01. The van der Waals surface area contributed by atoms with E-state index in [0.717, 1.165) is 12.2 Å². The summed E-state index contributed by atoms with van der Waals surface area (Å²) in [6.07, 6.45) is 1.99. The molecule has 0 aromatic carbocycles. The van der Waals surface area contributed by atoms with Gasteiger partial charge in [0.1, 0.15) is 6.61 Å². The Morgan fingerprint density at radius 1 is 1.11 bits per heavy atom. The van der Waals surface area contributed by atoms with E-state index in [1.165, 1.54) is 4.90 Å². The molecule has 0 aliphatic carbocycles. The van der Waals surface area contributed by atoms with Crippen LogP contribution < -0.4 is 5.32 Å². The Bertz CT molecular complexity index is 341. The molecule has 0 aliphatic heterocycles. The fraction of sp³-hybridized carbons (Fsp3) is 0.583. The molecule has 0 fully saturated rings. The van der Waals surface area contributed by atoms with Crippen LogP contribution in [0.15, 0.2) is 12.2 Å². The van der Waals surface area contributed by atoms with Crippen molar-refractivity contribution in [3.63, 3.8) is 0 Å². The second-order valence-electron chi connectivity index (χ2n) is 3.51. The zero-order valence-electron chi connectivity index (χ0n) is 11.5. The Kier molecular flexibility index (Phi) is 8.86. The second kappa shape index (κ2) is 9.93. The summed E-state index contributed by atoms with van der Waals surface area (Å²) in [7, 11) is 1.59. The van der Waals surface area contributed by atoms with Crippen LogP contribution in [0.4, 0.5) is 4.79 Å². The van der Waals surface area contributed by atoms with Gasteiger partial charge < -0.3 is 19.7 Å². The number of urea groups is 1. The minimum Gasteiger partial charge on any atom is -0.463 e. The smallest absolute Gasteiger partial charge is 0.331 e. The summed E-state index contributed by atoms with van der Waals surface area (Å²) in [4.78, 5) is 34.8. The van der Waals surface area contributed by atoms with E-state index in [2.05, 4.69) is 10.1 Å². The van der Waals surface area contributed by atoms with Crippen molar-refractivity contribution in [2.24, 2.45) is 0 Å². The van der Waals surface area contributed by atoms with Gasteiger partial charge in [0.2, 0.25) is 0 Å². The minimum atomic E-state index is -0.655. The van der Waals surface area contributed by atoms with Gasteiger partial charge in [-0.3, -0.25) is 0 Å². The van der Waals surface area contributed by atoms with Gasteiger partial charge in [-0.2, -0.15) is 0 Å². The molecule has 0 spiro atoms. The molecule has 0 heterocycles. The van der Waals surface area contributed by atoms with Gasteiger partial charge >= 0.3 is 18.0 Å². The Labute approximate surface area is 112 Å². The Morgan fingerprint density at radius 2 is 1.68 bits per heavy atom. The van der Waals surface area contributed by atoms with Crippen molar-refractivity contribution >= 4 is 18.0 Å². The van der Waals surface area contributed by atoms with E-state index in [4.69, 9.17) is 4.74 Å². The molecule has 0 bridgehead atoms. The first-order chi connectivity index (χ1) is 9.01. The van der Waals surface area contributed by atoms with Crippen LogP contribution in [-0.2, 0) is 19.1 Å². The van der Waals surface area contributed by atoms with Crippen molar-refractivity contribution in [3.8, 4) is 0 Å². The van der Waals surface area contributed by atoms with Crippen LogP contribution in [0.5, 0.6) is 0 Å². The standard InChI is InChI=1S/C12H20N2O5/c1-4-13-12(17)14(3)8-9-19-11(16)7-6-10(15)18-5-2/h6-7H,4-5,8-9H2,1-3H3,(H,13,17)/b7-6+. The number of nitrogens with one attached hydrogen (secondary N) is 1. The lowest BCUT2D eigenvalue weighted by Crippen LogP contribution is -2.39. The van der Waals surface area contributed by atoms with Crippen molar-refractivity contribution in [2.75, 3.05) is 33.4 Å². The average molecular weight is 272 g/mol. The fourth-order valence-electron chi connectivity index (χ4n) is 1.05. The molecule has 0 aromatic rings. The quantitative estimate of drug-likeness (QED) is 0.532. The van der Waals surface area contributed by atoms with Gasteiger partial charge in [0, 0.05) is 25.7 Å². The van der Waals surface area contributed by atoms with Crippen LogP contribution >= 0.6 is 0 Å². The van der Waals surface area contributed by atoms with E-state index in [-0.39, 0.29) is 25.8 Å². The topological polar surface area (TPSA) is 84.9 Å². The molecule has 0 saturated heterocycles. The van der Waals surface area contributed by atoms with E-state index in [1.807, 2.05) is 6.92 Å². The first-order valence-corrected chi connectivity index (χ1v) is 6.01. The molecule has 2 amide bonds. The van der Waals surface area contributed by atoms with Crippen LogP contribution in [0.2, 0.25) is 0 Å². The lowest BCUT2D eigenvalue weighted by molar-refractivity contribution is -0.140. The molecule has 0 atom stereocenters. The molecule has 0 aliphatic rings. The van der Waals surface area contributed by atoms with Crippen molar-refractivity contribution in [1.29, 1.82) is 0 Å². The van der Waals surface area contributed by atoms with Crippen LogP contribution in [0.1, 0.15) is 13.8 Å². The maximum absolute atomic E-state index is 11.3. The third-order valence-corrected chi connectivity index (χ3v) is 1.99. The normalized spacial score (nSPS) is 10.1. The van der Waals surface area contributed by atoms with Gasteiger partial charge in [-0.15, -0.1) is 0 Å². The van der Waals surface area contributed by atoms with Gasteiger partial charge in [-0.05, 0) is 13.8 Å². The summed E-state index contributed by atoms with van der Waals surface area (Å²) in [6.45, 7) is 4.58. The number of nitrogens with zero attached hydrogens (tertiary/aromatic N) is 1. The zero-order chi connectivity index (χ0) is 14.7. The molecule has 19 heavy (non-hydrogen) atoms. The summed E-state index contributed by atoms with van der Waals surface area (Å²) in [5.74, 6) is -1.25. The summed E-state index contributed by atoms with van der Waals surface area (Å²) in [6, 6.07) is -0.236. The molecular weight excluding hydrogens is 252 g/mol. The summed E-state index contributed by atoms with van der Waals surface area (Å²) in [5.41, 5.74) is 0. The van der Waals surface area contributed by atoms with Crippen molar-refractivity contribution in [3.05, 3.63) is 12.2 Å². The highest BCUT2D eigenvalue weighted by Gasteiger charge is 2.07. The molecule has 1 N–H and O–H groups in total. The number of ether oxygens (including phenoxy) is 2. The highest BCUT2D eigenvalue weighted by Crippen LogP contribution is 1.88. The SMILES string of the molecule is CCNC(=O)N(C)CCOC(=O)/C=C/C(=O)OCC. The van der Waals surface area contributed by atoms with Gasteiger partial charge in [-0.1, -0.05) is 0 Å². The van der Waals surface area contributed by atoms with E-state index >= 15 is 0 Å². The predicted octanol–water partition coefficient (Wildman–Crippen LogP) is 0.310. The van der Waals surface area contributed by atoms with Crippen LogP contribution in [0.25, 0.3) is 0 Å². The molecule has 7 nitrogen and oxygen atoms in total. The molecule has 0 unspecified atom stereocenters. The largest absolute Gasteiger partial charge is 0.463 e. The Hall–Kier alpha value is -2.05. The molecule has 0 aromatic heterocycles. The minimum absolute atomic E-state index is 0.0552. The zero-order valence-corrected chi connectivity index (χ0v) is 11.5. The maximum Gasteiger partial charge on any atom is 0.331 e. The lowest BCUT2D eigenvalue weighted by Gasteiger charge is -2.16. The first kappa shape index (κ1) is 16.9. The predicted molar refractivity (Wildman–Crippen MR) is 68.4 cm³/mol. The number of carbonyl (C=O) groups excluding carboxylic acids is 3. The molecule has 108 valence electrons. The fourth-order valence-corrected chi connectivity index (χ4v) is 1.05. The van der Waals surface area contributed by atoms with Crippen LogP contribution in [0.3, 0.4) is 0 Å². The number of rotatable bonds is 7. The lowest BCUT2D eigenvalue weighted by atomic mass is 10.5. The third-order valence-electron chi connectivity index (χ3n) is 1.99. The molecule has 7 heteroatoms. The molecule has 0 radical (unpaired) electrons. The van der Waals surface area contributed by atoms with E-state index in [1.54, 1.807) is 14.0 Å². The van der Waals surface area contributed by atoms with Crippen LogP contribution in [0, 0.1) is 0 Å². The second-order valence-corrected chi connectivity index (χ2v) is 3.51. The van der Waals surface area contributed by atoms with Gasteiger partial charge in [0.25, 0.3) is 0 Å². The van der Waals surface area contributed by atoms with Gasteiger partial charge in [-0.25, -0.2) is 14.4 Å². The maximum atomic E-state index is 11.3. The molecular formula is C12H20N2O5. The molecule has 0 rings (SSSR count).